The molecule has 110 valence electrons. The van der Waals surface area contributed by atoms with Crippen LogP contribution in [0.2, 0.25) is 0 Å². The number of unbranched alkanes of at least 4 members (excludes halogenated alkanes) is 1. The molecule has 19 heavy (non-hydrogen) atoms. The van der Waals surface area contributed by atoms with Gasteiger partial charge in [0.15, 0.2) is 0 Å². The number of hydrogen-bond acceptors (Lipinski definition) is 4. The molecule has 0 amide bonds. The molecule has 1 atom stereocenters. The maximum Gasteiger partial charge on any atom is 0.242 e. The number of thiophene rings is 1. The van der Waals surface area contributed by atoms with Crippen molar-refractivity contribution in [2.45, 2.75) is 50.6 Å². The van der Waals surface area contributed by atoms with Gasteiger partial charge in [-0.3, -0.25) is 0 Å². The molecule has 1 aromatic rings. The first-order valence-electron chi connectivity index (χ1n) is 6.35. The van der Waals surface area contributed by atoms with Gasteiger partial charge < -0.3 is 5.32 Å². The summed E-state index contributed by atoms with van der Waals surface area (Å²) >= 11 is 4.78. The first kappa shape index (κ1) is 17.1. The van der Waals surface area contributed by atoms with Crippen LogP contribution in [0.15, 0.2) is 14.7 Å². The van der Waals surface area contributed by atoms with Crippen molar-refractivity contribution >= 4 is 37.3 Å². The number of hydrogen-bond donors (Lipinski definition) is 2. The lowest BCUT2D eigenvalue weighted by Gasteiger charge is -2.13. The molecular formula is C12H21BrN2O2S2. The third-order valence-corrected chi connectivity index (χ3v) is 6.54. The molecule has 0 aliphatic heterocycles. The minimum absolute atomic E-state index is 0.0375. The van der Waals surface area contributed by atoms with Gasteiger partial charge in [0, 0.05) is 17.5 Å². The van der Waals surface area contributed by atoms with Crippen LogP contribution in [-0.2, 0) is 16.6 Å². The van der Waals surface area contributed by atoms with E-state index in [9.17, 15) is 8.42 Å². The molecule has 2 N–H and O–H groups in total. The number of sulfonamides is 1. The molecule has 1 aromatic heterocycles. The molecule has 0 aromatic carbocycles. The van der Waals surface area contributed by atoms with Crippen LogP contribution in [0.1, 0.15) is 38.0 Å². The van der Waals surface area contributed by atoms with Crippen molar-refractivity contribution in [3.63, 3.8) is 0 Å². The van der Waals surface area contributed by atoms with Crippen LogP contribution in [0, 0.1) is 0 Å². The number of rotatable bonds is 8. The molecule has 0 radical (unpaired) electrons. The van der Waals surface area contributed by atoms with E-state index < -0.39 is 10.0 Å². The second-order valence-electron chi connectivity index (χ2n) is 4.55. The lowest BCUT2D eigenvalue weighted by atomic mass is 10.2. The molecule has 0 saturated carbocycles. The highest BCUT2D eigenvalue weighted by atomic mass is 79.9. The summed E-state index contributed by atoms with van der Waals surface area (Å²) in [7, 11) is -1.59. The number of nitrogens with one attached hydrogen (secondary N) is 2. The summed E-state index contributed by atoms with van der Waals surface area (Å²) < 4.78 is 28.0. The summed E-state index contributed by atoms with van der Waals surface area (Å²) in [5.74, 6) is 0. The van der Waals surface area contributed by atoms with Gasteiger partial charge >= 0.3 is 0 Å². The van der Waals surface area contributed by atoms with Crippen molar-refractivity contribution in [3.8, 4) is 0 Å². The summed E-state index contributed by atoms with van der Waals surface area (Å²) in [6.45, 7) is 4.67. The Balaban J connectivity index is 2.82. The monoisotopic (exact) mass is 368 g/mol. The van der Waals surface area contributed by atoms with Gasteiger partial charge in [0.25, 0.3) is 0 Å². The molecule has 0 aliphatic carbocycles. The molecule has 0 aliphatic rings. The van der Waals surface area contributed by atoms with Crippen LogP contribution in [0.4, 0.5) is 0 Å². The highest BCUT2D eigenvalue weighted by Gasteiger charge is 2.22. The second kappa shape index (κ2) is 7.73. The third-order valence-electron chi connectivity index (χ3n) is 2.69. The van der Waals surface area contributed by atoms with E-state index in [1.807, 2.05) is 14.0 Å². The van der Waals surface area contributed by atoms with Crippen LogP contribution in [-0.4, -0.2) is 21.5 Å². The molecule has 0 bridgehead atoms. The fraction of sp³-hybridized carbons (Fsp3) is 0.667. The lowest BCUT2D eigenvalue weighted by Crippen LogP contribution is -2.32. The van der Waals surface area contributed by atoms with E-state index in [2.05, 4.69) is 32.9 Å². The zero-order valence-electron chi connectivity index (χ0n) is 11.5. The highest BCUT2D eigenvalue weighted by Crippen LogP contribution is 2.31. The molecule has 0 spiro atoms. The Morgan fingerprint density at radius 2 is 2.16 bits per heavy atom. The topological polar surface area (TPSA) is 58.2 Å². The van der Waals surface area contributed by atoms with Crippen LogP contribution < -0.4 is 10.0 Å². The van der Waals surface area contributed by atoms with E-state index in [0.29, 0.717) is 15.2 Å². The Hall–Kier alpha value is 0.0500. The number of halogens is 1. The molecule has 0 fully saturated rings. The molecule has 1 unspecified atom stereocenters. The Bertz CT molecular complexity index is 500. The fourth-order valence-electron chi connectivity index (χ4n) is 1.74. The van der Waals surface area contributed by atoms with Crippen LogP contribution in [0.3, 0.4) is 0 Å². The predicted molar refractivity (Wildman–Crippen MR) is 84.1 cm³/mol. The summed E-state index contributed by atoms with van der Waals surface area (Å²) in [5.41, 5.74) is 0. The van der Waals surface area contributed by atoms with E-state index in [1.54, 1.807) is 6.07 Å². The van der Waals surface area contributed by atoms with E-state index in [1.165, 1.54) is 11.3 Å². The predicted octanol–water partition coefficient (Wildman–Crippen LogP) is 3.09. The Morgan fingerprint density at radius 1 is 1.47 bits per heavy atom. The third kappa shape index (κ3) is 5.15. The van der Waals surface area contributed by atoms with Crippen LogP contribution >= 0.6 is 27.3 Å². The fourth-order valence-corrected chi connectivity index (χ4v) is 5.71. The van der Waals surface area contributed by atoms with E-state index in [-0.39, 0.29) is 6.04 Å². The molecule has 1 rings (SSSR count). The van der Waals surface area contributed by atoms with E-state index in [4.69, 9.17) is 0 Å². The molecule has 7 heteroatoms. The molecule has 1 heterocycles. The van der Waals surface area contributed by atoms with Gasteiger partial charge in [0.2, 0.25) is 10.0 Å². The van der Waals surface area contributed by atoms with Crippen LogP contribution in [0.25, 0.3) is 0 Å². The van der Waals surface area contributed by atoms with Crippen molar-refractivity contribution in [1.82, 2.24) is 10.0 Å². The zero-order valence-corrected chi connectivity index (χ0v) is 14.7. The maximum absolute atomic E-state index is 12.3. The van der Waals surface area contributed by atoms with Crippen LogP contribution in [0.5, 0.6) is 0 Å². The van der Waals surface area contributed by atoms with E-state index in [0.717, 1.165) is 24.1 Å². The smallest absolute Gasteiger partial charge is 0.242 e. The van der Waals surface area contributed by atoms with Gasteiger partial charge in [0.05, 0.1) is 3.79 Å². The quantitative estimate of drug-likeness (QED) is 0.740. The average molecular weight is 369 g/mol. The molecular weight excluding hydrogens is 348 g/mol. The van der Waals surface area contributed by atoms with Gasteiger partial charge in [0.1, 0.15) is 4.90 Å². The highest BCUT2D eigenvalue weighted by molar-refractivity contribution is 9.11. The minimum atomic E-state index is -3.43. The van der Waals surface area contributed by atoms with Gasteiger partial charge in [-0.2, -0.15) is 0 Å². The summed E-state index contributed by atoms with van der Waals surface area (Å²) in [6.07, 6.45) is 2.96. The average Bonchev–Trinajstić information content (AvgIpc) is 2.68. The van der Waals surface area contributed by atoms with Gasteiger partial charge in [-0.15, -0.1) is 11.3 Å². The normalized spacial score (nSPS) is 13.7. The van der Waals surface area contributed by atoms with Crippen molar-refractivity contribution < 1.29 is 8.42 Å². The van der Waals surface area contributed by atoms with Crippen molar-refractivity contribution in [2.75, 3.05) is 7.05 Å². The Labute approximate surface area is 128 Å². The Kier molecular flexibility index (Phi) is 6.96. The summed E-state index contributed by atoms with van der Waals surface area (Å²) in [4.78, 5) is 1.34. The van der Waals surface area contributed by atoms with E-state index >= 15 is 0 Å². The second-order valence-corrected chi connectivity index (χ2v) is 8.68. The summed E-state index contributed by atoms with van der Waals surface area (Å²) in [5, 5.41) is 3.02. The van der Waals surface area contributed by atoms with Crippen molar-refractivity contribution in [2.24, 2.45) is 0 Å². The molecule has 4 nitrogen and oxygen atoms in total. The summed E-state index contributed by atoms with van der Waals surface area (Å²) in [6, 6.07) is 1.68. The SMILES string of the molecule is CCCCC(C)NS(=O)(=O)c1cc(CNC)sc1Br. The van der Waals surface area contributed by atoms with Gasteiger partial charge in [-0.25, -0.2) is 13.1 Å². The van der Waals surface area contributed by atoms with Gasteiger partial charge in [-0.1, -0.05) is 19.8 Å². The molecule has 0 saturated heterocycles. The largest absolute Gasteiger partial charge is 0.315 e. The Morgan fingerprint density at radius 3 is 2.74 bits per heavy atom. The zero-order chi connectivity index (χ0) is 14.5. The first-order chi connectivity index (χ1) is 8.90. The maximum atomic E-state index is 12.3. The lowest BCUT2D eigenvalue weighted by molar-refractivity contribution is 0.534. The first-order valence-corrected chi connectivity index (χ1v) is 9.45. The standard InChI is InChI=1S/C12H21BrN2O2S2/c1-4-5-6-9(2)15-19(16,17)11-7-10(8-14-3)18-12(11)13/h7,9,14-15H,4-6,8H2,1-3H3. The minimum Gasteiger partial charge on any atom is -0.315 e. The van der Waals surface area contributed by atoms with Crippen molar-refractivity contribution in [1.29, 1.82) is 0 Å². The van der Waals surface area contributed by atoms with Crippen molar-refractivity contribution in [3.05, 3.63) is 14.7 Å². The van der Waals surface area contributed by atoms with Gasteiger partial charge in [-0.05, 0) is 42.4 Å².